The zero-order chi connectivity index (χ0) is 10.7. The fraction of sp³-hybridized carbons (Fsp3) is 0.800. The van der Waals surface area contributed by atoms with E-state index in [0.29, 0.717) is 18.9 Å². The summed E-state index contributed by atoms with van der Waals surface area (Å²) in [5.74, 6) is 2.22. The molecule has 1 aliphatic rings. The number of rotatable bonds is 6. The predicted molar refractivity (Wildman–Crippen MR) is 54.3 cm³/mol. The summed E-state index contributed by atoms with van der Waals surface area (Å²) in [6, 6.07) is -0.0655. The Morgan fingerprint density at radius 3 is 3.07 bits per heavy atom. The molecule has 0 bridgehead atoms. The third-order valence-electron chi connectivity index (χ3n) is 2.50. The zero-order valence-corrected chi connectivity index (χ0v) is 8.98. The number of nitrogens with two attached hydrogens (primary N) is 1. The number of methoxy groups -OCH3 is 1. The summed E-state index contributed by atoms with van der Waals surface area (Å²) in [6.07, 6.45) is 4.13. The van der Waals surface area contributed by atoms with Crippen LogP contribution in [-0.2, 0) is 17.6 Å². The molecule has 2 N–H and O–H groups in total. The second-order valence-corrected chi connectivity index (χ2v) is 4.17. The van der Waals surface area contributed by atoms with Crippen LogP contribution in [0.4, 0.5) is 0 Å². The first-order valence-electron chi connectivity index (χ1n) is 5.34. The number of hydrogen-bond donors (Lipinski definition) is 1. The Morgan fingerprint density at radius 1 is 1.60 bits per heavy atom. The average molecular weight is 211 g/mol. The van der Waals surface area contributed by atoms with E-state index >= 15 is 0 Å². The minimum absolute atomic E-state index is 0.0655. The van der Waals surface area contributed by atoms with Crippen LogP contribution < -0.4 is 5.73 Å². The van der Waals surface area contributed by atoms with Gasteiger partial charge in [0.1, 0.15) is 0 Å². The third kappa shape index (κ3) is 3.28. The molecule has 2 rings (SSSR count). The van der Waals surface area contributed by atoms with Crippen molar-refractivity contribution >= 4 is 0 Å². The van der Waals surface area contributed by atoms with Gasteiger partial charge in [-0.25, -0.2) is 0 Å². The Labute approximate surface area is 89.0 Å². The van der Waals surface area contributed by atoms with E-state index in [0.717, 1.165) is 18.2 Å². The summed E-state index contributed by atoms with van der Waals surface area (Å²) >= 11 is 0. The van der Waals surface area contributed by atoms with E-state index < -0.39 is 0 Å². The van der Waals surface area contributed by atoms with Crippen molar-refractivity contribution in [2.45, 2.75) is 31.7 Å². The summed E-state index contributed by atoms with van der Waals surface area (Å²) < 4.78 is 10.1. The Bertz CT molecular complexity index is 309. The fourth-order valence-electron chi connectivity index (χ4n) is 1.53. The Hall–Kier alpha value is -0.940. The van der Waals surface area contributed by atoms with Crippen LogP contribution in [0.25, 0.3) is 0 Å². The highest BCUT2D eigenvalue weighted by molar-refractivity contribution is 4.93. The summed E-state index contributed by atoms with van der Waals surface area (Å²) in [4.78, 5) is 4.30. The van der Waals surface area contributed by atoms with Gasteiger partial charge in [0.2, 0.25) is 5.89 Å². The van der Waals surface area contributed by atoms with Gasteiger partial charge in [0.25, 0.3) is 0 Å². The van der Waals surface area contributed by atoms with E-state index in [2.05, 4.69) is 10.1 Å². The Balaban J connectivity index is 1.82. The molecule has 0 saturated heterocycles. The molecule has 0 radical (unpaired) electrons. The Kier molecular flexibility index (Phi) is 3.33. The van der Waals surface area contributed by atoms with E-state index in [1.165, 1.54) is 12.8 Å². The lowest BCUT2D eigenvalue weighted by molar-refractivity contribution is 0.176. The summed E-state index contributed by atoms with van der Waals surface area (Å²) in [7, 11) is 1.63. The molecule has 1 atom stereocenters. The van der Waals surface area contributed by atoms with Crippen molar-refractivity contribution in [3.8, 4) is 0 Å². The van der Waals surface area contributed by atoms with E-state index in [1.54, 1.807) is 7.11 Å². The van der Waals surface area contributed by atoms with Crippen LogP contribution in [0.3, 0.4) is 0 Å². The molecule has 1 heterocycles. The van der Waals surface area contributed by atoms with Crippen LogP contribution >= 0.6 is 0 Å². The molecular formula is C10H17N3O2. The van der Waals surface area contributed by atoms with Gasteiger partial charge in [-0.3, -0.25) is 0 Å². The second-order valence-electron chi connectivity index (χ2n) is 4.17. The van der Waals surface area contributed by atoms with Crippen LogP contribution in [-0.4, -0.2) is 29.9 Å². The van der Waals surface area contributed by atoms with Crippen LogP contribution in [0.2, 0.25) is 0 Å². The topological polar surface area (TPSA) is 74.2 Å². The molecule has 0 aliphatic heterocycles. The molecule has 0 spiro atoms. The van der Waals surface area contributed by atoms with Gasteiger partial charge in [0, 0.05) is 26.0 Å². The van der Waals surface area contributed by atoms with Gasteiger partial charge >= 0.3 is 0 Å². The summed E-state index contributed by atoms with van der Waals surface area (Å²) in [5.41, 5.74) is 5.79. The predicted octanol–water partition coefficient (Wildman–Crippen LogP) is 0.538. The zero-order valence-electron chi connectivity index (χ0n) is 8.98. The number of hydrogen-bond acceptors (Lipinski definition) is 5. The molecule has 1 saturated carbocycles. The summed E-state index contributed by atoms with van der Waals surface area (Å²) in [6.45, 7) is 0.514. The molecule has 1 unspecified atom stereocenters. The van der Waals surface area contributed by atoms with E-state index in [-0.39, 0.29) is 6.04 Å². The molecule has 1 aromatic heterocycles. The molecule has 0 amide bonds. The maximum atomic E-state index is 5.79. The Morgan fingerprint density at radius 2 is 2.40 bits per heavy atom. The van der Waals surface area contributed by atoms with Gasteiger partial charge in [-0.15, -0.1) is 0 Å². The first kappa shape index (κ1) is 10.6. The first-order valence-corrected chi connectivity index (χ1v) is 5.34. The number of aromatic nitrogens is 2. The van der Waals surface area contributed by atoms with Crippen LogP contribution in [0.5, 0.6) is 0 Å². The van der Waals surface area contributed by atoms with Crippen molar-refractivity contribution in [1.82, 2.24) is 10.1 Å². The minimum Gasteiger partial charge on any atom is -0.383 e. The highest BCUT2D eigenvalue weighted by Crippen LogP contribution is 2.31. The average Bonchev–Trinajstić information content (AvgIpc) is 2.88. The first-order chi connectivity index (χ1) is 7.28. The number of ether oxygens (including phenoxy) is 1. The third-order valence-corrected chi connectivity index (χ3v) is 2.50. The molecule has 1 aromatic rings. The lowest BCUT2D eigenvalue weighted by atomic mass is 10.2. The standard InChI is InChI=1S/C10H17N3O2/c1-14-6-8(11)5-10-12-9(13-15-10)4-7-2-3-7/h7-8H,2-6,11H2,1H3. The quantitative estimate of drug-likeness (QED) is 0.743. The smallest absolute Gasteiger partial charge is 0.228 e. The lowest BCUT2D eigenvalue weighted by Crippen LogP contribution is -2.28. The van der Waals surface area contributed by atoms with E-state index in [4.69, 9.17) is 15.0 Å². The summed E-state index contributed by atoms with van der Waals surface area (Å²) in [5, 5.41) is 3.93. The van der Waals surface area contributed by atoms with Crippen LogP contribution in [0, 0.1) is 5.92 Å². The highest BCUT2D eigenvalue weighted by atomic mass is 16.5. The molecule has 5 heteroatoms. The van der Waals surface area contributed by atoms with E-state index in [1.807, 2.05) is 0 Å². The second kappa shape index (κ2) is 4.72. The maximum Gasteiger partial charge on any atom is 0.228 e. The van der Waals surface area contributed by atoms with Crippen LogP contribution in [0.1, 0.15) is 24.6 Å². The van der Waals surface area contributed by atoms with Gasteiger partial charge in [-0.1, -0.05) is 5.16 Å². The fourth-order valence-corrected chi connectivity index (χ4v) is 1.53. The highest BCUT2D eigenvalue weighted by Gasteiger charge is 2.24. The molecular weight excluding hydrogens is 194 g/mol. The molecule has 1 fully saturated rings. The molecule has 15 heavy (non-hydrogen) atoms. The van der Waals surface area contributed by atoms with Crippen molar-refractivity contribution in [1.29, 1.82) is 0 Å². The van der Waals surface area contributed by atoms with Gasteiger partial charge in [-0.05, 0) is 18.8 Å². The van der Waals surface area contributed by atoms with Crippen molar-refractivity contribution in [2.24, 2.45) is 11.7 Å². The lowest BCUT2D eigenvalue weighted by Gasteiger charge is -2.05. The van der Waals surface area contributed by atoms with Crippen molar-refractivity contribution in [3.63, 3.8) is 0 Å². The SMILES string of the molecule is COCC(N)Cc1nc(CC2CC2)no1. The van der Waals surface area contributed by atoms with Crippen LogP contribution in [0.15, 0.2) is 4.52 Å². The van der Waals surface area contributed by atoms with Gasteiger partial charge < -0.3 is 15.0 Å². The van der Waals surface area contributed by atoms with Crippen molar-refractivity contribution in [3.05, 3.63) is 11.7 Å². The molecule has 84 valence electrons. The molecule has 0 aromatic carbocycles. The minimum atomic E-state index is -0.0655. The number of nitrogens with zero attached hydrogens (tertiary/aromatic N) is 2. The van der Waals surface area contributed by atoms with Gasteiger partial charge in [0.05, 0.1) is 6.61 Å². The molecule has 1 aliphatic carbocycles. The normalized spacial score (nSPS) is 18.0. The largest absolute Gasteiger partial charge is 0.383 e. The monoisotopic (exact) mass is 211 g/mol. The van der Waals surface area contributed by atoms with Gasteiger partial charge in [-0.2, -0.15) is 4.98 Å². The van der Waals surface area contributed by atoms with Crippen molar-refractivity contribution in [2.75, 3.05) is 13.7 Å². The van der Waals surface area contributed by atoms with E-state index in [9.17, 15) is 0 Å². The van der Waals surface area contributed by atoms with Gasteiger partial charge in [0.15, 0.2) is 5.82 Å². The molecule has 5 nitrogen and oxygen atoms in total. The van der Waals surface area contributed by atoms with Crippen molar-refractivity contribution < 1.29 is 9.26 Å². The maximum absolute atomic E-state index is 5.79.